The van der Waals surface area contributed by atoms with Crippen molar-refractivity contribution in [3.05, 3.63) is 23.8 Å². The Balaban J connectivity index is 1.82. The van der Waals surface area contributed by atoms with E-state index in [1.54, 1.807) is 13.2 Å². The van der Waals surface area contributed by atoms with E-state index in [4.69, 9.17) is 4.74 Å². The van der Waals surface area contributed by atoms with Crippen LogP contribution in [0.25, 0.3) is 0 Å². The summed E-state index contributed by atoms with van der Waals surface area (Å²) in [5.41, 5.74) is 1.24. The Bertz CT molecular complexity index is 483. The molecule has 0 bridgehead atoms. The third-order valence-corrected chi connectivity index (χ3v) is 4.81. The summed E-state index contributed by atoms with van der Waals surface area (Å²) in [6.45, 7) is 7.71. The van der Waals surface area contributed by atoms with Crippen LogP contribution < -0.4 is 10.1 Å². The van der Waals surface area contributed by atoms with Crippen molar-refractivity contribution in [3.63, 3.8) is 0 Å². The van der Waals surface area contributed by atoms with Crippen molar-refractivity contribution in [2.45, 2.75) is 18.9 Å². The predicted molar refractivity (Wildman–Crippen MR) is 87.5 cm³/mol. The van der Waals surface area contributed by atoms with Gasteiger partial charge in [0.25, 0.3) is 0 Å². The van der Waals surface area contributed by atoms with E-state index >= 15 is 0 Å². The smallest absolute Gasteiger partial charge is 0.160 e. The third-order valence-electron chi connectivity index (χ3n) is 4.81. The lowest BCUT2D eigenvalue weighted by Crippen LogP contribution is -2.47. The number of nitrogens with one attached hydrogen (secondary N) is 1. The Morgan fingerprint density at radius 2 is 1.91 bits per heavy atom. The fraction of sp³-hybridized carbons (Fsp3) is 0.647. The van der Waals surface area contributed by atoms with Crippen molar-refractivity contribution >= 4 is 0 Å². The summed E-state index contributed by atoms with van der Waals surface area (Å²) in [6.07, 6.45) is 2.63. The van der Waals surface area contributed by atoms with Crippen LogP contribution in [0.4, 0.5) is 0 Å². The van der Waals surface area contributed by atoms with Gasteiger partial charge in [-0.15, -0.1) is 0 Å². The summed E-state index contributed by atoms with van der Waals surface area (Å²) in [6, 6.07) is 6.17. The first-order chi connectivity index (χ1) is 10.8. The van der Waals surface area contributed by atoms with Gasteiger partial charge in [0.1, 0.15) is 0 Å². The Hall–Kier alpha value is -1.30. The first-order valence-corrected chi connectivity index (χ1v) is 8.32. The molecule has 5 heteroatoms. The molecule has 1 aromatic rings. The van der Waals surface area contributed by atoms with Gasteiger partial charge in [-0.3, -0.25) is 4.90 Å². The Kier molecular flexibility index (Phi) is 5.18. The fourth-order valence-corrected chi connectivity index (χ4v) is 3.54. The van der Waals surface area contributed by atoms with Crippen molar-refractivity contribution in [3.8, 4) is 11.5 Å². The molecule has 122 valence electrons. The van der Waals surface area contributed by atoms with Gasteiger partial charge in [0.15, 0.2) is 11.5 Å². The van der Waals surface area contributed by atoms with Gasteiger partial charge in [-0.1, -0.05) is 6.07 Å². The molecule has 0 spiro atoms. The van der Waals surface area contributed by atoms with Crippen molar-refractivity contribution in [1.82, 2.24) is 15.1 Å². The lowest BCUT2D eigenvalue weighted by Gasteiger charge is -2.37. The Morgan fingerprint density at radius 1 is 1.18 bits per heavy atom. The second-order valence-corrected chi connectivity index (χ2v) is 6.24. The van der Waals surface area contributed by atoms with Crippen LogP contribution in [0.3, 0.4) is 0 Å². The van der Waals surface area contributed by atoms with E-state index in [0.717, 1.165) is 32.7 Å². The molecule has 0 amide bonds. The Labute approximate surface area is 132 Å². The molecule has 1 atom stereocenters. The molecule has 1 aromatic carbocycles. The van der Waals surface area contributed by atoms with Gasteiger partial charge < -0.3 is 20.1 Å². The highest BCUT2D eigenvalue weighted by Gasteiger charge is 2.26. The van der Waals surface area contributed by atoms with E-state index in [1.165, 1.54) is 31.5 Å². The normalized spacial score (nSPS) is 21.9. The number of phenolic OH excluding ortho intramolecular Hbond substituents is 1. The van der Waals surface area contributed by atoms with Crippen LogP contribution in [-0.2, 0) is 0 Å². The average molecular weight is 305 g/mol. The quantitative estimate of drug-likeness (QED) is 0.862. The maximum absolute atomic E-state index is 9.85. The number of hydrogen-bond donors (Lipinski definition) is 2. The minimum absolute atomic E-state index is 0.214. The van der Waals surface area contributed by atoms with Crippen molar-refractivity contribution in [1.29, 1.82) is 0 Å². The molecule has 22 heavy (non-hydrogen) atoms. The molecule has 0 aromatic heterocycles. The van der Waals surface area contributed by atoms with Gasteiger partial charge in [-0.2, -0.15) is 0 Å². The number of rotatable bonds is 5. The minimum atomic E-state index is 0.214. The molecule has 2 fully saturated rings. The number of phenols is 1. The number of benzene rings is 1. The minimum Gasteiger partial charge on any atom is -0.504 e. The van der Waals surface area contributed by atoms with Gasteiger partial charge in [-0.05, 0) is 43.6 Å². The molecule has 2 aliphatic heterocycles. The summed E-state index contributed by atoms with van der Waals surface area (Å²) in [4.78, 5) is 5.12. The SMILES string of the molecule is COc1cc(C(CN2CCCC2)N2CCNCC2)ccc1O. The summed E-state index contributed by atoms with van der Waals surface area (Å²) in [5.74, 6) is 0.783. The van der Waals surface area contributed by atoms with Crippen LogP contribution in [0.5, 0.6) is 11.5 Å². The van der Waals surface area contributed by atoms with Crippen LogP contribution in [0.2, 0.25) is 0 Å². The van der Waals surface area contributed by atoms with Gasteiger partial charge in [0.05, 0.1) is 7.11 Å². The second kappa shape index (κ2) is 7.31. The molecule has 2 saturated heterocycles. The van der Waals surface area contributed by atoms with Crippen molar-refractivity contribution in [2.75, 3.05) is 52.9 Å². The van der Waals surface area contributed by atoms with Crippen LogP contribution in [0.1, 0.15) is 24.4 Å². The molecule has 3 rings (SSSR count). The lowest BCUT2D eigenvalue weighted by molar-refractivity contribution is 0.135. The summed E-state index contributed by atoms with van der Waals surface area (Å²) in [7, 11) is 1.61. The molecule has 0 saturated carbocycles. The van der Waals surface area contributed by atoms with Gasteiger partial charge in [0, 0.05) is 38.8 Å². The van der Waals surface area contributed by atoms with Crippen LogP contribution in [0, 0.1) is 0 Å². The standard InChI is InChI=1S/C17H27N3O2/c1-22-17-12-14(4-5-16(17)21)15(13-19-8-2-3-9-19)20-10-6-18-7-11-20/h4-5,12,15,18,21H,2-3,6-11,13H2,1H3. The number of aromatic hydroxyl groups is 1. The van der Waals surface area contributed by atoms with E-state index in [1.807, 2.05) is 12.1 Å². The molecule has 2 aliphatic rings. The number of hydrogen-bond acceptors (Lipinski definition) is 5. The van der Waals surface area contributed by atoms with Gasteiger partial charge in [-0.25, -0.2) is 0 Å². The third kappa shape index (κ3) is 3.54. The van der Waals surface area contributed by atoms with E-state index < -0.39 is 0 Å². The summed E-state index contributed by atoms with van der Waals surface area (Å²) >= 11 is 0. The van der Waals surface area contributed by atoms with E-state index in [-0.39, 0.29) is 5.75 Å². The molecule has 2 N–H and O–H groups in total. The van der Waals surface area contributed by atoms with Crippen LogP contribution >= 0.6 is 0 Å². The molecule has 0 radical (unpaired) electrons. The molecular formula is C17H27N3O2. The van der Waals surface area contributed by atoms with Gasteiger partial charge in [0.2, 0.25) is 0 Å². The second-order valence-electron chi connectivity index (χ2n) is 6.24. The first-order valence-electron chi connectivity index (χ1n) is 8.32. The molecule has 1 unspecified atom stereocenters. The van der Waals surface area contributed by atoms with E-state index in [0.29, 0.717) is 11.8 Å². The number of ether oxygens (including phenoxy) is 1. The first kappa shape index (κ1) is 15.6. The number of piperazine rings is 1. The van der Waals surface area contributed by atoms with Crippen molar-refractivity contribution < 1.29 is 9.84 Å². The number of nitrogens with zero attached hydrogens (tertiary/aromatic N) is 2. The highest BCUT2D eigenvalue weighted by atomic mass is 16.5. The lowest BCUT2D eigenvalue weighted by atomic mass is 10.0. The van der Waals surface area contributed by atoms with Crippen LogP contribution in [0.15, 0.2) is 18.2 Å². The van der Waals surface area contributed by atoms with E-state index in [2.05, 4.69) is 15.1 Å². The summed E-state index contributed by atoms with van der Waals surface area (Å²) in [5, 5.41) is 13.3. The Morgan fingerprint density at radius 3 is 2.59 bits per heavy atom. The van der Waals surface area contributed by atoms with Crippen molar-refractivity contribution in [2.24, 2.45) is 0 Å². The zero-order valence-corrected chi connectivity index (χ0v) is 13.4. The largest absolute Gasteiger partial charge is 0.504 e. The van der Waals surface area contributed by atoms with Gasteiger partial charge >= 0.3 is 0 Å². The maximum Gasteiger partial charge on any atom is 0.160 e. The maximum atomic E-state index is 9.85. The monoisotopic (exact) mass is 305 g/mol. The zero-order valence-electron chi connectivity index (χ0n) is 13.4. The van der Waals surface area contributed by atoms with E-state index in [9.17, 15) is 5.11 Å². The fourth-order valence-electron chi connectivity index (χ4n) is 3.54. The van der Waals surface area contributed by atoms with Crippen LogP contribution in [-0.4, -0.2) is 67.8 Å². The highest BCUT2D eigenvalue weighted by molar-refractivity contribution is 5.42. The molecule has 0 aliphatic carbocycles. The average Bonchev–Trinajstić information content (AvgIpc) is 3.07. The molecular weight excluding hydrogens is 278 g/mol. The predicted octanol–water partition coefficient (Wildman–Crippen LogP) is 1.44. The molecule has 5 nitrogen and oxygen atoms in total. The topological polar surface area (TPSA) is 48.0 Å². The highest BCUT2D eigenvalue weighted by Crippen LogP contribution is 2.32. The molecule has 2 heterocycles. The summed E-state index contributed by atoms with van der Waals surface area (Å²) < 4.78 is 5.30. The zero-order chi connectivity index (χ0) is 15.4. The number of methoxy groups -OCH3 is 1. The number of likely N-dealkylation sites (tertiary alicyclic amines) is 1.